The molecule has 0 saturated heterocycles. The molecule has 0 bridgehead atoms. The fourth-order valence-corrected chi connectivity index (χ4v) is 2.69. The first-order valence-corrected chi connectivity index (χ1v) is 8.52. The van der Waals surface area contributed by atoms with Gasteiger partial charge in [0.25, 0.3) is 0 Å². The van der Waals surface area contributed by atoms with E-state index in [-0.39, 0.29) is 5.91 Å². The molecule has 1 aromatic carbocycles. The monoisotopic (exact) mass is 354 g/mol. The molecule has 0 unspecified atom stereocenters. The van der Waals surface area contributed by atoms with Gasteiger partial charge in [-0.15, -0.1) is 0 Å². The summed E-state index contributed by atoms with van der Waals surface area (Å²) in [5.74, 6) is 2.17. The fourth-order valence-electron chi connectivity index (χ4n) is 2.69. The minimum atomic E-state index is -0.181. The second-order valence-corrected chi connectivity index (χ2v) is 5.96. The topological polar surface area (TPSA) is 69.7 Å². The molecule has 1 amide bonds. The number of nitrogens with one attached hydrogen (secondary N) is 1. The van der Waals surface area contributed by atoms with Crippen LogP contribution in [0.1, 0.15) is 24.5 Å². The van der Waals surface area contributed by atoms with E-state index >= 15 is 0 Å². The lowest BCUT2D eigenvalue weighted by Crippen LogP contribution is -2.07. The van der Waals surface area contributed by atoms with Crippen LogP contribution in [0.5, 0.6) is 17.2 Å². The van der Waals surface area contributed by atoms with E-state index in [2.05, 4.69) is 22.5 Å². The predicted octanol–water partition coefficient (Wildman–Crippen LogP) is 3.82. The van der Waals surface area contributed by atoms with E-state index in [1.165, 1.54) is 12.5 Å². The van der Waals surface area contributed by atoms with Gasteiger partial charge in [-0.05, 0) is 35.7 Å². The lowest BCUT2D eigenvalue weighted by molar-refractivity contribution is -0.114. The van der Waals surface area contributed by atoms with Crippen LogP contribution in [0.25, 0.3) is 6.08 Å². The number of amides is 1. The molecule has 6 nitrogen and oxygen atoms in total. The molecule has 26 heavy (non-hydrogen) atoms. The second-order valence-electron chi connectivity index (χ2n) is 5.96. The molecule has 1 aliphatic rings. The first kappa shape index (κ1) is 17.9. The molecule has 0 saturated carbocycles. The van der Waals surface area contributed by atoms with Crippen LogP contribution in [0.2, 0.25) is 0 Å². The van der Waals surface area contributed by atoms with Gasteiger partial charge in [0, 0.05) is 39.3 Å². The zero-order chi connectivity index (χ0) is 18.4. The number of benzene rings is 1. The molecule has 2 aromatic rings. The quantitative estimate of drug-likeness (QED) is 0.730. The second kappa shape index (κ2) is 8.49. The minimum Gasteiger partial charge on any atom is -0.490 e. The Morgan fingerprint density at radius 1 is 1.23 bits per heavy atom. The molecular formula is C20H22N2O4. The SMILES string of the molecule is COCCCOc1cc2c(cc1Oc1ccnc(NC(C)=O)c1)C=CC2. The average molecular weight is 354 g/mol. The Bertz CT molecular complexity index is 817. The Labute approximate surface area is 152 Å². The van der Waals surface area contributed by atoms with E-state index in [9.17, 15) is 4.79 Å². The van der Waals surface area contributed by atoms with Crippen molar-refractivity contribution in [2.75, 3.05) is 25.6 Å². The highest BCUT2D eigenvalue weighted by Gasteiger charge is 2.14. The van der Waals surface area contributed by atoms with E-state index in [0.29, 0.717) is 36.3 Å². The van der Waals surface area contributed by atoms with Crippen molar-refractivity contribution in [1.29, 1.82) is 0 Å². The zero-order valence-corrected chi connectivity index (χ0v) is 15.0. The normalized spacial score (nSPS) is 11.9. The molecule has 6 heteroatoms. The molecular weight excluding hydrogens is 332 g/mol. The Balaban J connectivity index is 1.81. The maximum atomic E-state index is 11.2. The van der Waals surface area contributed by atoms with Gasteiger partial charge in [0.05, 0.1) is 6.61 Å². The van der Waals surface area contributed by atoms with Crippen molar-refractivity contribution in [2.24, 2.45) is 0 Å². The number of anilines is 1. The van der Waals surface area contributed by atoms with Gasteiger partial charge in [-0.3, -0.25) is 4.79 Å². The number of aromatic nitrogens is 1. The maximum absolute atomic E-state index is 11.2. The lowest BCUT2D eigenvalue weighted by atomic mass is 10.1. The molecule has 0 spiro atoms. The number of hydrogen-bond donors (Lipinski definition) is 1. The smallest absolute Gasteiger partial charge is 0.222 e. The molecule has 1 N–H and O–H groups in total. The Kier molecular flexibility index (Phi) is 5.86. The summed E-state index contributed by atoms with van der Waals surface area (Å²) in [6.07, 6.45) is 7.48. The lowest BCUT2D eigenvalue weighted by Gasteiger charge is -2.15. The number of carbonyl (C=O) groups excluding carboxylic acids is 1. The largest absolute Gasteiger partial charge is 0.490 e. The Hall–Kier alpha value is -2.86. The van der Waals surface area contributed by atoms with Crippen LogP contribution in [0, 0.1) is 0 Å². The van der Waals surface area contributed by atoms with Crippen LogP contribution in [0.15, 0.2) is 36.5 Å². The highest BCUT2D eigenvalue weighted by Crippen LogP contribution is 2.37. The third kappa shape index (κ3) is 4.61. The van der Waals surface area contributed by atoms with E-state index in [1.54, 1.807) is 25.4 Å². The van der Waals surface area contributed by atoms with Gasteiger partial charge in [0.1, 0.15) is 11.6 Å². The van der Waals surface area contributed by atoms with Crippen LogP contribution in [0.4, 0.5) is 5.82 Å². The standard InChI is InChI=1S/C20H22N2O4/c1-14(23)22-20-13-17(7-8-21-20)26-19-12-16-6-3-5-15(16)11-18(19)25-10-4-9-24-2/h3,6-8,11-13H,4-5,9-10H2,1-2H3,(H,21,22,23). The summed E-state index contributed by atoms with van der Waals surface area (Å²) in [7, 11) is 1.67. The van der Waals surface area contributed by atoms with Crippen molar-refractivity contribution in [3.63, 3.8) is 0 Å². The van der Waals surface area contributed by atoms with Crippen molar-refractivity contribution >= 4 is 17.8 Å². The third-order valence-electron chi connectivity index (χ3n) is 3.85. The summed E-state index contributed by atoms with van der Waals surface area (Å²) in [6, 6.07) is 7.42. The summed E-state index contributed by atoms with van der Waals surface area (Å²) >= 11 is 0. The van der Waals surface area contributed by atoms with E-state index in [1.807, 2.05) is 12.1 Å². The number of nitrogens with zero attached hydrogens (tertiary/aromatic N) is 1. The minimum absolute atomic E-state index is 0.181. The fraction of sp³-hybridized carbons (Fsp3) is 0.300. The van der Waals surface area contributed by atoms with Gasteiger partial charge >= 0.3 is 0 Å². The average Bonchev–Trinajstić information content (AvgIpc) is 3.05. The van der Waals surface area contributed by atoms with Crippen molar-refractivity contribution in [3.05, 3.63) is 47.7 Å². The van der Waals surface area contributed by atoms with Crippen molar-refractivity contribution in [1.82, 2.24) is 4.98 Å². The van der Waals surface area contributed by atoms with Crippen LogP contribution in [-0.2, 0) is 16.0 Å². The highest BCUT2D eigenvalue weighted by atomic mass is 16.5. The summed E-state index contributed by atoms with van der Waals surface area (Å²) in [5.41, 5.74) is 2.34. The summed E-state index contributed by atoms with van der Waals surface area (Å²) < 4.78 is 17.0. The number of fused-ring (bicyclic) bond motifs is 1. The number of carbonyl (C=O) groups is 1. The number of ether oxygens (including phenoxy) is 3. The Morgan fingerprint density at radius 2 is 2.12 bits per heavy atom. The number of hydrogen-bond acceptors (Lipinski definition) is 5. The first-order valence-electron chi connectivity index (χ1n) is 8.52. The van der Waals surface area contributed by atoms with Gasteiger partial charge in [-0.1, -0.05) is 12.2 Å². The van der Waals surface area contributed by atoms with Crippen LogP contribution in [0.3, 0.4) is 0 Å². The third-order valence-corrected chi connectivity index (χ3v) is 3.85. The number of rotatable bonds is 8. The van der Waals surface area contributed by atoms with Crippen LogP contribution < -0.4 is 14.8 Å². The first-order chi connectivity index (χ1) is 12.7. The molecule has 0 aliphatic heterocycles. The highest BCUT2D eigenvalue weighted by molar-refractivity contribution is 5.87. The molecule has 1 aromatic heterocycles. The molecule has 3 rings (SSSR count). The number of methoxy groups -OCH3 is 1. The number of pyridine rings is 1. The summed E-state index contributed by atoms with van der Waals surface area (Å²) in [5, 5.41) is 2.65. The van der Waals surface area contributed by atoms with Crippen molar-refractivity contribution < 1.29 is 19.0 Å². The van der Waals surface area contributed by atoms with Gasteiger partial charge in [0.2, 0.25) is 5.91 Å². The number of allylic oxidation sites excluding steroid dienone is 1. The van der Waals surface area contributed by atoms with Crippen molar-refractivity contribution in [3.8, 4) is 17.2 Å². The molecule has 0 atom stereocenters. The van der Waals surface area contributed by atoms with Gasteiger partial charge < -0.3 is 19.5 Å². The van der Waals surface area contributed by atoms with Crippen LogP contribution >= 0.6 is 0 Å². The van der Waals surface area contributed by atoms with Gasteiger partial charge in [0.15, 0.2) is 11.5 Å². The zero-order valence-electron chi connectivity index (χ0n) is 15.0. The van der Waals surface area contributed by atoms with E-state index < -0.39 is 0 Å². The Morgan fingerprint density at radius 3 is 2.92 bits per heavy atom. The molecule has 1 aliphatic carbocycles. The molecule has 0 radical (unpaired) electrons. The summed E-state index contributed by atoms with van der Waals surface area (Å²) in [4.78, 5) is 15.3. The van der Waals surface area contributed by atoms with E-state index in [0.717, 1.165) is 18.4 Å². The van der Waals surface area contributed by atoms with Gasteiger partial charge in [-0.25, -0.2) is 4.98 Å². The van der Waals surface area contributed by atoms with Crippen LogP contribution in [-0.4, -0.2) is 31.2 Å². The van der Waals surface area contributed by atoms with E-state index in [4.69, 9.17) is 14.2 Å². The molecule has 0 fully saturated rings. The molecule has 1 heterocycles. The maximum Gasteiger partial charge on any atom is 0.222 e. The predicted molar refractivity (Wildman–Crippen MR) is 99.8 cm³/mol. The van der Waals surface area contributed by atoms with Crippen molar-refractivity contribution in [2.45, 2.75) is 19.8 Å². The molecule has 136 valence electrons. The summed E-state index contributed by atoms with van der Waals surface area (Å²) in [6.45, 7) is 2.63. The van der Waals surface area contributed by atoms with Gasteiger partial charge in [-0.2, -0.15) is 0 Å².